The van der Waals surface area contributed by atoms with Crippen molar-refractivity contribution in [3.63, 3.8) is 0 Å². The molecule has 3 heterocycles. The Morgan fingerprint density at radius 2 is 1.97 bits per heavy atom. The lowest BCUT2D eigenvalue weighted by atomic mass is 9.97. The molecule has 2 aromatic heterocycles. The number of benzene rings is 1. The number of aromatic nitrogens is 3. The molecule has 0 spiro atoms. The molecule has 162 valence electrons. The molecule has 1 fully saturated rings. The summed E-state index contributed by atoms with van der Waals surface area (Å²) in [6.45, 7) is 2.23. The second kappa shape index (κ2) is 9.85. The monoisotopic (exact) mass is 420 g/mol. The van der Waals surface area contributed by atoms with Gasteiger partial charge in [-0.15, -0.1) is 0 Å². The molecule has 4 rings (SSSR count). The van der Waals surface area contributed by atoms with Gasteiger partial charge < -0.3 is 14.5 Å². The molecular formula is C24H28N4O3. The van der Waals surface area contributed by atoms with Crippen molar-refractivity contribution in [2.75, 3.05) is 20.8 Å². The van der Waals surface area contributed by atoms with E-state index in [2.05, 4.69) is 20.9 Å². The van der Waals surface area contributed by atoms with E-state index in [0.717, 1.165) is 60.5 Å². The fourth-order valence-corrected chi connectivity index (χ4v) is 4.24. The summed E-state index contributed by atoms with van der Waals surface area (Å²) in [5.41, 5.74) is 3.75. The van der Waals surface area contributed by atoms with E-state index in [4.69, 9.17) is 14.5 Å². The number of pyridine rings is 1. The number of rotatable bonds is 7. The molecule has 0 unspecified atom stereocenters. The summed E-state index contributed by atoms with van der Waals surface area (Å²) < 4.78 is 10.9. The van der Waals surface area contributed by atoms with Crippen molar-refractivity contribution in [2.24, 2.45) is 0 Å². The molecule has 0 saturated carbocycles. The maximum atomic E-state index is 12.4. The normalized spacial score (nSPS) is 16.9. The fraction of sp³-hybridized carbons (Fsp3) is 0.375. The molecule has 0 amide bonds. The summed E-state index contributed by atoms with van der Waals surface area (Å²) in [7, 11) is 3.39. The van der Waals surface area contributed by atoms with Gasteiger partial charge in [0.1, 0.15) is 11.6 Å². The molecule has 1 aliphatic rings. The minimum absolute atomic E-state index is 0.0763. The number of likely N-dealkylation sites (tertiary alicyclic amines) is 1. The second-order valence-corrected chi connectivity index (χ2v) is 7.82. The highest BCUT2D eigenvalue weighted by atomic mass is 16.5. The lowest BCUT2D eigenvalue weighted by Crippen LogP contribution is -2.34. The van der Waals surface area contributed by atoms with Gasteiger partial charge in [-0.05, 0) is 49.2 Å². The number of piperidine rings is 1. The third kappa shape index (κ3) is 5.00. The topological polar surface area (TPSA) is 80.3 Å². The van der Waals surface area contributed by atoms with E-state index in [9.17, 15) is 4.79 Å². The summed E-state index contributed by atoms with van der Waals surface area (Å²) in [5.74, 6) is 1.44. The summed E-state index contributed by atoms with van der Waals surface area (Å²) in [4.78, 5) is 26.6. The highest BCUT2D eigenvalue weighted by Gasteiger charge is 2.27. The second-order valence-electron chi connectivity index (χ2n) is 7.82. The Morgan fingerprint density at radius 1 is 1.13 bits per heavy atom. The first-order valence-electron chi connectivity index (χ1n) is 10.6. The Labute approximate surface area is 182 Å². The molecule has 3 aromatic rings. The lowest BCUT2D eigenvalue weighted by molar-refractivity contribution is 0.135. The number of nitrogens with one attached hydrogen (secondary N) is 1. The Morgan fingerprint density at radius 3 is 2.74 bits per heavy atom. The van der Waals surface area contributed by atoms with E-state index in [-0.39, 0.29) is 11.6 Å². The number of hydrogen-bond donors (Lipinski definition) is 1. The van der Waals surface area contributed by atoms with Gasteiger partial charge in [0, 0.05) is 43.2 Å². The number of hydrogen-bond acceptors (Lipinski definition) is 6. The molecule has 0 aliphatic carbocycles. The number of aromatic amines is 1. The molecule has 1 aliphatic heterocycles. The first-order valence-corrected chi connectivity index (χ1v) is 10.6. The molecule has 1 N–H and O–H groups in total. The molecule has 1 saturated heterocycles. The molecule has 1 aromatic carbocycles. The lowest BCUT2D eigenvalue weighted by Gasteiger charge is -2.35. The molecule has 0 bridgehead atoms. The first-order chi connectivity index (χ1) is 15.2. The van der Waals surface area contributed by atoms with Gasteiger partial charge in [-0.2, -0.15) is 0 Å². The number of H-pyrrole nitrogens is 1. The van der Waals surface area contributed by atoms with Crippen molar-refractivity contribution in [2.45, 2.75) is 38.5 Å². The minimum Gasteiger partial charge on any atom is -0.496 e. The third-order valence-corrected chi connectivity index (χ3v) is 5.70. The molecule has 1 atom stereocenters. The molecule has 0 radical (unpaired) electrons. The van der Waals surface area contributed by atoms with E-state index >= 15 is 0 Å². The zero-order chi connectivity index (χ0) is 21.6. The summed E-state index contributed by atoms with van der Waals surface area (Å²) >= 11 is 0. The zero-order valence-electron chi connectivity index (χ0n) is 18.0. The van der Waals surface area contributed by atoms with Gasteiger partial charge in [0.2, 0.25) is 0 Å². The standard InChI is InChI=1S/C24H28N4O3/c1-30-16-17-6-7-22(31-2)19(13-17)15-28-12-4-3-5-21(28)20-14-23(29)27-24(26-20)18-8-10-25-11-9-18/h6-11,13-14,21H,3-5,12,15-16H2,1-2H3,(H,26,27,29)/t21-/m1/s1. The van der Waals surface area contributed by atoms with Gasteiger partial charge >= 0.3 is 0 Å². The predicted molar refractivity (Wildman–Crippen MR) is 119 cm³/mol. The Kier molecular flexibility index (Phi) is 6.74. The van der Waals surface area contributed by atoms with E-state index in [0.29, 0.717) is 12.4 Å². The van der Waals surface area contributed by atoms with E-state index < -0.39 is 0 Å². The highest BCUT2D eigenvalue weighted by Crippen LogP contribution is 2.33. The van der Waals surface area contributed by atoms with Crippen LogP contribution in [0, 0.1) is 0 Å². The maximum absolute atomic E-state index is 12.4. The van der Waals surface area contributed by atoms with Crippen LogP contribution in [0.15, 0.2) is 53.6 Å². The highest BCUT2D eigenvalue weighted by molar-refractivity contribution is 5.53. The van der Waals surface area contributed by atoms with Crippen molar-refractivity contribution in [3.8, 4) is 17.1 Å². The quantitative estimate of drug-likeness (QED) is 0.628. The van der Waals surface area contributed by atoms with Crippen LogP contribution in [0.1, 0.15) is 42.1 Å². The Hall–Kier alpha value is -3.03. The van der Waals surface area contributed by atoms with E-state index in [1.807, 2.05) is 24.3 Å². The average molecular weight is 421 g/mol. The van der Waals surface area contributed by atoms with Crippen molar-refractivity contribution < 1.29 is 9.47 Å². The third-order valence-electron chi connectivity index (χ3n) is 5.70. The van der Waals surface area contributed by atoms with E-state index in [1.165, 1.54) is 0 Å². The van der Waals surface area contributed by atoms with Gasteiger partial charge in [0.25, 0.3) is 5.56 Å². The van der Waals surface area contributed by atoms with Crippen LogP contribution in [0.2, 0.25) is 0 Å². The van der Waals surface area contributed by atoms with Crippen LogP contribution >= 0.6 is 0 Å². The van der Waals surface area contributed by atoms with Crippen molar-refractivity contribution in [3.05, 3.63) is 76.0 Å². The predicted octanol–water partition coefficient (Wildman–Crippen LogP) is 3.71. The molecule has 31 heavy (non-hydrogen) atoms. The zero-order valence-corrected chi connectivity index (χ0v) is 18.0. The Bertz CT molecular complexity index is 1070. The van der Waals surface area contributed by atoms with Crippen LogP contribution in [-0.4, -0.2) is 40.6 Å². The van der Waals surface area contributed by atoms with Gasteiger partial charge in [0.05, 0.1) is 25.5 Å². The van der Waals surface area contributed by atoms with Crippen LogP contribution in [0.25, 0.3) is 11.4 Å². The fourth-order valence-electron chi connectivity index (χ4n) is 4.24. The smallest absolute Gasteiger partial charge is 0.251 e. The van der Waals surface area contributed by atoms with Crippen molar-refractivity contribution >= 4 is 0 Å². The van der Waals surface area contributed by atoms with E-state index in [1.54, 1.807) is 32.7 Å². The Balaban J connectivity index is 1.65. The van der Waals surface area contributed by atoms with Gasteiger partial charge in [-0.3, -0.25) is 14.7 Å². The van der Waals surface area contributed by atoms with Gasteiger partial charge in [0.15, 0.2) is 0 Å². The minimum atomic E-state index is -0.137. The van der Waals surface area contributed by atoms with Crippen LogP contribution < -0.4 is 10.3 Å². The molecule has 7 heteroatoms. The van der Waals surface area contributed by atoms with Crippen LogP contribution in [0.4, 0.5) is 0 Å². The van der Waals surface area contributed by atoms with Gasteiger partial charge in [-0.1, -0.05) is 12.5 Å². The summed E-state index contributed by atoms with van der Waals surface area (Å²) in [6, 6.07) is 11.6. The molecule has 7 nitrogen and oxygen atoms in total. The summed E-state index contributed by atoms with van der Waals surface area (Å²) in [6.07, 6.45) is 6.60. The van der Waals surface area contributed by atoms with Crippen LogP contribution in [0.5, 0.6) is 5.75 Å². The van der Waals surface area contributed by atoms with Crippen LogP contribution in [-0.2, 0) is 17.9 Å². The average Bonchev–Trinajstić information content (AvgIpc) is 2.80. The number of methoxy groups -OCH3 is 2. The first kappa shape index (κ1) is 21.2. The number of nitrogens with zero attached hydrogens (tertiary/aromatic N) is 3. The SMILES string of the molecule is COCc1ccc(OC)c(CN2CCCC[C@@H]2c2cc(=O)[nH]c(-c3ccncc3)n2)c1. The largest absolute Gasteiger partial charge is 0.496 e. The number of ether oxygens (including phenoxy) is 2. The summed E-state index contributed by atoms with van der Waals surface area (Å²) in [5, 5.41) is 0. The molecular weight excluding hydrogens is 392 g/mol. The van der Waals surface area contributed by atoms with Crippen LogP contribution in [0.3, 0.4) is 0 Å². The van der Waals surface area contributed by atoms with Crippen molar-refractivity contribution in [1.29, 1.82) is 0 Å². The van der Waals surface area contributed by atoms with Gasteiger partial charge in [-0.25, -0.2) is 4.98 Å². The maximum Gasteiger partial charge on any atom is 0.251 e. The van der Waals surface area contributed by atoms with Crippen molar-refractivity contribution in [1.82, 2.24) is 19.9 Å².